The van der Waals surface area contributed by atoms with Gasteiger partial charge in [-0.3, -0.25) is 4.79 Å². The van der Waals surface area contributed by atoms with E-state index in [1.54, 1.807) is 30.6 Å². The molecular weight excluding hydrogens is 425 g/mol. The summed E-state index contributed by atoms with van der Waals surface area (Å²) in [5.41, 5.74) is 1.50. The molecule has 2 heterocycles. The summed E-state index contributed by atoms with van der Waals surface area (Å²) in [7, 11) is 0. The predicted octanol–water partition coefficient (Wildman–Crippen LogP) is 4.80. The molecule has 0 bridgehead atoms. The van der Waals surface area contributed by atoms with Crippen molar-refractivity contribution in [3.05, 3.63) is 79.6 Å². The van der Waals surface area contributed by atoms with Crippen LogP contribution in [-0.4, -0.2) is 25.6 Å². The molecule has 154 valence electrons. The Hall–Kier alpha value is -2.70. The smallest absolute Gasteiger partial charge is 0.341 e. The number of nitrogens with zero attached hydrogens (tertiary/aromatic N) is 3. The summed E-state index contributed by atoms with van der Waals surface area (Å²) < 4.78 is 1.82. The number of carboxylic acid groups (broad SMARTS) is 1. The van der Waals surface area contributed by atoms with Gasteiger partial charge >= 0.3 is 5.97 Å². The van der Waals surface area contributed by atoms with Gasteiger partial charge in [-0.15, -0.1) is 0 Å². The molecule has 0 amide bonds. The van der Waals surface area contributed by atoms with Gasteiger partial charge in [-0.25, -0.2) is 14.8 Å². The number of hydrogen-bond acceptors (Lipinski definition) is 4. The molecular formula is C22H19Cl2N3O3. The number of hydrogen-bond donors (Lipinski definition) is 1. The van der Waals surface area contributed by atoms with Gasteiger partial charge in [0.2, 0.25) is 0 Å². The topological polar surface area (TPSA) is 85.1 Å². The van der Waals surface area contributed by atoms with Gasteiger partial charge in [0.05, 0.1) is 15.7 Å². The molecule has 0 unspecified atom stereocenters. The lowest BCUT2D eigenvalue weighted by Crippen LogP contribution is -2.23. The van der Waals surface area contributed by atoms with Crippen LogP contribution in [0.15, 0.2) is 41.5 Å². The van der Waals surface area contributed by atoms with E-state index >= 15 is 0 Å². The van der Waals surface area contributed by atoms with E-state index in [1.165, 1.54) is 6.07 Å². The van der Waals surface area contributed by atoms with Crippen LogP contribution in [0.5, 0.6) is 0 Å². The molecule has 0 atom stereocenters. The molecule has 4 rings (SSSR count). The molecule has 0 aliphatic heterocycles. The second-order valence-corrected chi connectivity index (χ2v) is 8.12. The SMILES string of the molecule is CCn1c(Cc2cnc(C3CC3)nc2)cc(=O)c(C(=O)O)c1-c1ccc(Cl)c(Cl)c1. The van der Waals surface area contributed by atoms with Crippen molar-refractivity contribution in [3.63, 3.8) is 0 Å². The van der Waals surface area contributed by atoms with E-state index in [0.717, 1.165) is 24.2 Å². The Labute approximate surface area is 183 Å². The summed E-state index contributed by atoms with van der Waals surface area (Å²) in [6.45, 7) is 2.36. The molecule has 1 N–H and O–H groups in total. The van der Waals surface area contributed by atoms with Gasteiger partial charge < -0.3 is 9.67 Å². The molecule has 0 saturated heterocycles. The van der Waals surface area contributed by atoms with Gasteiger partial charge in [-0.2, -0.15) is 0 Å². The lowest BCUT2D eigenvalue weighted by molar-refractivity contribution is 0.0695. The number of pyridine rings is 1. The maximum absolute atomic E-state index is 12.8. The van der Waals surface area contributed by atoms with Crippen molar-refractivity contribution in [1.29, 1.82) is 0 Å². The average Bonchev–Trinajstić information content (AvgIpc) is 3.55. The van der Waals surface area contributed by atoms with Crippen LogP contribution in [0.3, 0.4) is 0 Å². The fraction of sp³-hybridized carbons (Fsp3) is 0.273. The molecule has 1 aliphatic carbocycles. The van der Waals surface area contributed by atoms with Crippen molar-refractivity contribution in [2.45, 2.75) is 38.6 Å². The van der Waals surface area contributed by atoms with Crippen LogP contribution < -0.4 is 5.43 Å². The number of rotatable bonds is 6. The number of halogens is 2. The minimum absolute atomic E-state index is 0.287. The first-order chi connectivity index (χ1) is 14.4. The fourth-order valence-corrected chi connectivity index (χ4v) is 3.87. The molecule has 3 aromatic rings. The molecule has 30 heavy (non-hydrogen) atoms. The number of aromatic nitrogens is 3. The van der Waals surface area contributed by atoms with Crippen LogP contribution in [0.4, 0.5) is 0 Å². The second-order valence-electron chi connectivity index (χ2n) is 7.30. The third kappa shape index (κ3) is 3.98. The zero-order valence-electron chi connectivity index (χ0n) is 16.2. The minimum atomic E-state index is -1.29. The molecule has 1 aliphatic rings. The Morgan fingerprint density at radius 3 is 2.43 bits per heavy atom. The molecule has 8 heteroatoms. The molecule has 6 nitrogen and oxygen atoms in total. The Morgan fingerprint density at radius 2 is 1.87 bits per heavy atom. The summed E-state index contributed by atoms with van der Waals surface area (Å²) in [6, 6.07) is 6.21. The highest BCUT2D eigenvalue weighted by molar-refractivity contribution is 6.42. The average molecular weight is 444 g/mol. The van der Waals surface area contributed by atoms with Crippen LogP contribution in [-0.2, 0) is 13.0 Å². The van der Waals surface area contributed by atoms with Crippen LogP contribution >= 0.6 is 23.2 Å². The van der Waals surface area contributed by atoms with E-state index in [1.807, 2.05) is 11.5 Å². The second kappa shape index (κ2) is 8.20. The lowest BCUT2D eigenvalue weighted by atomic mass is 10.0. The van der Waals surface area contributed by atoms with Crippen LogP contribution in [0.25, 0.3) is 11.3 Å². The quantitative estimate of drug-likeness (QED) is 0.591. The van der Waals surface area contributed by atoms with Gasteiger partial charge in [-0.1, -0.05) is 29.3 Å². The summed E-state index contributed by atoms with van der Waals surface area (Å²) in [5.74, 6) is 0.0280. The van der Waals surface area contributed by atoms with Crippen molar-refractivity contribution in [3.8, 4) is 11.3 Å². The summed E-state index contributed by atoms with van der Waals surface area (Å²) >= 11 is 12.2. The highest BCUT2D eigenvalue weighted by Crippen LogP contribution is 2.37. The Bertz CT molecular complexity index is 1190. The van der Waals surface area contributed by atoms with Crippen LogP contribution in [0.1, 0.15) is 53.1 Å². The molecule has 0 spiro atoms. The van der Waals surface area contributed by atoms with Gasteiger partial charge in [-0.05, 0) is 37.5 Å². The van der Waals surface area contributed by atoms with E-state index in [2.05, 4.69) is 9.97 Å². The summed E-state index contributed by atoms with van der Waals surface area (Å²) in [5, 5.41) is 10.4. The third-order valence-corrected chi connectivity index (χ3v) is 5.91. The van der Waals surface area contributed by atoms with Gasteiger partial charge in [0.1, 0.15) is 11.4 Å². The van der Waals surface area contributed by atoms with Crippen molar-refractivity contribution in [1.82, 2.24) is 14.5 Å². The highest BCUT2D eigenvalue weighted by atomic mass is 35.5. The standard InChI is InChI=1S/C22H19Cl2N3O3/c1-2-27-15(7-12-10-25-21(26-11-12)13-3-4-13)9-18(28)19(22(29)30)20(27)14-5-6-16(23)17(24)8-14/h5-6,8-11,13H,2-4,7H2,1H3,(H,29,30). The molecule has 1 fully saturated rings. The van der Waals surface area contributed by atoms with Crippen molar-refractivity contribution >= 4 is 29.2 Å². The van der Waals surface area contributed by atoms with Crippen LogP contribution in [0.2, 0.25) is 10.0 Å². The number of aromatic carboxylic acids is 1. The highest BCUT2D eigenvalue weighted by Gasteiger charge is 2.26. The zero-order valence-corrected chi connectivity index (χ0v) is 17.7. The first-order valence-corrected chi connectivity index (χ1v) is 10.4. The van der Waals surface area contributed by atoms with Crippen molar-refractivity contribution < 1.29 is 9.90 Å². The third-order valence-electron chi connectivity index (χ3n) is 5.17. The number of carboxylic acids is 1. The first kappa shape index (κ1) is 20.6. The minimum Gasteiger partial charge on any atom is -0.477 e. The monoisotopic (exact) mass is 443 g/mol. The van der Waals surface area contributed by atoms with E-state index in [9.17, 15) is 14.7 Å². The zero-order chi connectivity index (χ0) is 21.4. The first-order valence-electron chi connectivity index (χ1n) is 9.65. The molecule has 0 radical (unpaired) electrons. The summed E-state index contributed by atoms with van der Waals surface area (Å²) in [4.78, 5) is 33.5. The number of carbonyl (C=O) groups is 1. The van der Waals surface area contributed by atoms with Gasteiger partial charge in [0.15, 0.2) is 5.43 Å². The maximum Gasteiger partial charge on any atom is 0.341 e. The number of benzene rings is 1. The van der Waals surface area contributed by atoms with Gasteiger partial charge in [0, 0.05) is 48.6 Å². The van der Waals surface area contributed by atoms with Gasteiger partial charge in [0.25, 0.3) is 0 Å². The largest absolute Gasteiger partial charge is 0.477 e. The van der Waals surface area contributed by atoms with Crippen molar-refractivity contribution in [2.24, 2.45) is 0 Å². The molecule has 1 aromatic carbocycles. The van der Waals surface area contributed by atoms with E-state index in [0.29, 0.717) is 40.9 Å². The van der Waals surface area contributed by atoms with E-state index < -0.39 is 11.4 Å². The maximum atomic E-state index is 12.8. The fourth-order valence-electron chi connectivity index (χ4n) is 3.57. The van der Waals surface area contributed by atoms with Crippen molar-refractivity contribution in [2.75, 3.05) is 0 Å². The van der Waals surface area contributed by atoms with E-state index in [-0.39, 0.29) is 10.6 Å². The lowest BCUT2D eigenvalue weighted by Gasteiger charge is -2.20. The predicted molar refractivity (Wildman–Crippen MR) is 116 cm³/mol. The molecule has 2 aromatic heterocycles. The van der Waals surface area contributed by atoms with Crippen LogP contribution in [0, 0.1) is 0 Å². The Morgan fingerprint density at radius 1 is 1.17 bits per heavy atom. The molecule has 1 saturated carbocycles. The Kier molecular flexibility index (Phi) is 5.62. The normalized spacial score (nSPS) is 13.4. The Balaban J connectivity index is 1.84. The summed E-state index contributed by atoms with van der Waals surface area (Å²) in [6.07, 6.45) is 6.20. The van der Waals surface area contributed by atoms with E-state index in [4.69, 9.17) is 23.2 Å².